The van der Waals surface area contributed by atoms with Crippen molar-refractivity contribution in [3.8, 4) is 0 Å². The van der Waals surface area contributed by atoms with Crippen LogP contribution in [-0.2, 0) is 0 Å². The van der Waals surface area contributed by atoms with Gasteiger partial charge in [-0.1, -0.05) is 13.8 Å². The van der Waals surface area contributed by atoms with Crippen LogP contribution in [0.15, 0.2) is 4.99 Å². The van der Waals surface area contributed by atoms with Crippen LogP contribution in [-0.4, -0.2) is 50.3 Å². The highest BCUT2D eigenvalue weighted by atomic mass is 15.4. The number of hydrogen-bond acceptors (Lipinski definition) is 6. The van der Waals surface area contributed by atoms with Gasteiger partial charge >= 0.3 is 0 Å². The standard InChI is InChI=1S/C12H26N6/c1-3-9(11-13-5-6-14-11)17-18-10(4-2)12-15-7-8-16-12/h9-11,13-14,17-18H,3-8H2,1-2H3,(H,15,16). The smallest absolute Gasteiger partial charge is 0.115 e. The Balaban J connectivity index is 1.80. The van der Waals surface area contributed by atoms with Crippen molar-refractivity contribution in [3.05, 3.63) is 0 Å². The summed E-state index contributed by atoms with van der Waals surface area (Å²) in [6, 6.07) is 0.673. The highest BCUT2D eigenvalue weighted by Crippen LogP contribution is 2.01. The largest absolute Gasteiger partial charge is 0.371 e. The first-order chi connectivity index (χ1) is 8.85. The Morgan fingerprint density at radius 1 is 1.17 bits per heavy atom. The molecule has 1 fully saturated rings. The van der Waals surface area contributed by atoms with Gasteiger partial charge in [0.05, 0.1) is 18.8 Å². The number of nitrogens with one attached hydrogen (secondary N) is 5. The average Bonchev–Trinajstić information content (AvgIpc) is 3.07. The molecule has 6 nitrogen and oxygen atoms in total. The van der Waals surface area contributed by atoms with Crippen LogP contribution in [0.3, 0.4) is 0 Å². The van der Waals surface area contributed by atoms with E-state index < -0.39 is 0 Å². The Morgan fingerprint density at radius 2 is 1.94 bits per heavy atom. The first-order valence-electron chi connectivity index (χ1n) is 7.11. The maximum atomic E-state index is 4.48. The van der Waals surface area contributed by atoms with Crippen molar-refractivity contribution in [2.75, 3.05) is 26.2 Å². The molecule has 0 radical (unpaired) electrons. The molecule has 0 aromatic carbocycles. The quantitative estimate of drug-likeness (QED) is 0.383. The number of rotatable bonds is 7. The van der Waals surface area contributed by atoms with Crippen molar-refractivity contribution in [2.24, 2.45) is 4.99 Å². The molecule has 0 aliphatic carbocycles. The third kappa shape index (κ3) is 3.41. The summed E-state index contributed by atoms with van der Waals surface area (Å²) >= 11 is 0. The summed E-state index contributed by atoms with van der Waals surface area (Å²) in [5, 5.41) is 10.3. The molecule has 2 aliphatic heterocycles. The molecule has 0 amide bonds. The minimum absolute atomic E-state index is 0.281. The predicted molar refractivity (Wildman–Crippen MR) is 74.5 cm³/mol. The second-order valence-corrected chi connectivity index (χ2v) is 4.84. The van der Waals surface area contributed by atoms with E-state index in [0.717, 1.165) is 44.9 Å². The maximum Gasteiger partial charge on any atom is 0.115 e. The van der Waals surface area contributed by atoms with Gasteiger partial charge in [-0.05, 0) is 12.8 Å². The number of amidine groups is 1. The lowest BCUT2D eigenvalue weighted by atomic mass is 10.2. The molecule has 104 valence electrons. The Hall–Kier alpha value is -0.690. The highest BCUT2D eigenvalue weighted by molar-refractivity contribution is 5.88. The van der Waals surface area contributed by atoms with E-state index in [2.05, 4.69) is 45.6 Å². The molecule has 1 saturated heterocycles. The van der Waals surface area contributed by atoms with Crippen LogP contribution >= 0.6 is 0 Å². The van der Waals surface area contributed by atoms with Gasteiger partial charge in [0.1, 0.15) is 5.84 Å². The van der Waals surface area contributed by atoms with Crippen LogP contribution in [0.25, 0.3) is 0 Å². The van der Waals surface area contributed by atoms with E-state index >= 15 is 0 Å². The van der Waals surface area contributed by atoms with Crippen molar-refractivity contribution >= 4 is 5.84 Å². The third-order valence-corrected chi connectivity index (χ3v) is 3.58. The van der Waals surface area contributed by atoms with Gasteiger partial charge in [-0.2, -0.15) is 0 Å². The SMILES string of the molecule is CCC(NNC(CC)C1NCCN1)C1=NCCN1. The molecule has 2 unspecified atom stereocenters. The second kappa shape index (κ2) is 7.04. The number of aliphatic imine (C=N–C) groups is 1. The fourth-order valence-electron chi connectivity index (χ4n) is 2.45. The monoisotopic (exact) mass is 254 g/mol. The van der Waals surface area contributed by atoms with E-state index in [1.807, 2.05) is 0 Å². The van der Waals surface area contributed by atoms with Crippen molar-refractivity contribution in [1.29, 1.82) is 0 Å². The molecule has 0 bridgehead atoms. The van der Waals surface area contributed by atoms with Crippen LogP contribution in [0.4, 0.5) is 0 Å². The Morgan fingerprint density at radius 3 is 2.50 bits per heavy atom. The van der Waals surface area contributed by atoms with E-state index in [9.17, 15) is 0 Å². The van der Waals surface area contributed by atoms with E-state index in [-0.39, 0.29) is 6.04 Å². The minimum Gasteiger partial charge on any atom is -0.371 e. The fraction of sp³-hybridized carbons (Fsp3) is 0.917. The highest BCUT2D eigenvalue weighted by Gasteiger charge is 2.24. The van der Waals surface area contributed by atoms with Gasteiger partial charge < -0.3 is 5.32 Å². The molecule has 2 rings (SSSR count). The molecule has 6 heteroatoms. The van der Waals surface area contributed by atoms with Crippen molar-refractivity contribution in [2.45, 2.75) is 44.9 Å². The summed E-state index contributed by atoms with van der Waals surface area (Å²) in [5.74, 6) is 1.09. The molecule has 18 heavy (non-hydrogen) atoms. The summed E-state index contributed by atoms with van der Waals surface area (Å²) in [6.07, 6.45) is 2.47. The Kier molecular flexibility index (Phi) is 5.37. The summed E-state index contributed by atoms with van der Waals surface area (Å²) in [4.78, 5) is 4.48. The van der Waals surface area contributed by atoms with Crippen molar-refractivity contribution in [1.82, 2.24) is 26.8 Å². The van der Waals surface area contributed by atoms with E-state index in [4.69, 9.17) is 0 Å². The average molecular weight is 254 g/mol. The maximum absolute atomic E-state index is 4.48. The molecule has 0 saturated carbocycles. The zero-order chi connectivity index (χ0) is 12.8. The zero-order valence-electron chi connectivity index (χ0n) is 11.4. The van der Waals surface area contributed by atoms with Gasteiger partial charge in [0.15, 0.2) is 0 Å². The van der Waals surface area contributed by atoms with Crippen LogP contribution in [0.5, 0.6) is 0 Å². The summed E-state index contributed by atoms with van der Waals surface area (Å²) < 4.78 is 0. The first kappa shape index (κ1) is 13.7. The molecule has 2 atom stereocenters. The van der Waals surface area contributed by atoms with Gasteiger partial charge in [-0.25, -0.2) is 5.43 Å². The molecular formula is C12H26N6. The molecule has 0 spiro atoms. The Bertz CT molecular complexity index is 274. The lowest BCUT2D eigenvalue weighted by Crippen LogP contribution is -2.58. The summed E-state index contributed by atoms with van der Waals surface area (Å²) in [6.45, 7) is 8.34. The topological polar surface area (TPSA) is 72.5 Å². The molecular weight excluding hydrogens is 228 g/mol. The van der Waals surface area contributed by atoms with Gasteiger partial charge in [0.2, 0.25) is 0 Å². The lowest BCUT2D eigenvalue weighted by molar-refractivity contribution is 0.316. The number of nitrogens with zero attached hydrogens (tertiary/aromatic N) is 1. The molecule has 0 aromatic heterocycles. The molecule has 2 heterocycles. The van der Waals surface area contributed by atoms with Crippen molar-refractivity contribution < 1.29 is 0 Å². The predicted octanol–water partition coefficient (Wildman–Crippen LogP) is -0.842. The van der Waals surface area contributed by atoms with Crippen LogP contribution in [0, 0.1) is 0 Å². The first-order valence-corrected chi connectivity index (χ1v) is 7.11. The number of hydrogen-bond donors (Lipinski definition) is 5. The molecule has 2 aliphatic rings. The molecule has 5 N–H and O–H groups in total. The summed E-state index contributed by atoms with van der Waals surface area (Å²) in [7, 11) is 0. The Labute approximate surface area is 109 Å². The van der Waals surface area contributed by atoms with E-state index in [1.165, 1.54) is 0 Å². The van der Waals surface area contributed by atoms with E-state index in [0.29, 0.717) is 12.2 Å². The van der Waals surface area contributed by atoms with Crippen molar-refractivity contribution in [3.63, 3.8) is 0 Å². The van der Waals surface area contributed by atoms with Gasteiger partial charge in [-0.15, -0.1) is 0 Å². The lowest BCUT2D eigenvalue weighted by Gasteiger charge is -2.27. The number of hydrazine groups is 1. The zero-order valence-corrected chi connectivity index (χ0v) is 11.4. The van der Waals surface area contributed by atoms with Gasteiger partial charge in [0.25, 0.3) is 0 Å². The minimum atomic E-state index is 0.281. The van der Waals surface area contributed by atoms with E-state index in [1.54, 1.807) is 0 Å². The second-order valence-electron chi connectivity index (χ2n) is 4.84. The van der Waals surface area contributed by atoms with Crippen LogP contribution in [0.1, 0.15) is 26.7 Å². The summed E-state index contributed by atoms with van der Waals surface area (Å²) in [5.41, 5.74) is 6.86. The van der Waals surface area contributed by atoms with Crippen LogP contribution in [0.2, 0.25) is 0 Å². The van der Waals surface area contributed by atoms with Gasteiger partial charge in [0, 0.05) is 25.7 Å². The van der Waals surface area contributed by atoms with Gasteiger partial charge in [-0.3, -0.25) is 21.1 Å². The third-order valence-electron chi connectivity index (χ3n) is 3.58. The fourth-order valence-corrected chi connectivity index (χ4v) is 2.45. The molecule has 0 aromatic rings. The van der Waals surface area contributed by atoms with Crippen LogP contribution < -0.4 is 26.8 Å². The normalized spacial score (nSPS) is 23.8.